The monoisotopic (exact) mass is 551 g/mol. The molecule has 206 valence electrons. The molecule has 0 saturated carbocycles. The van der Waals surface area contributed by atoms with Crippen molar-refractivity contribution in [2.45, 2.75) is 45.1 Å². The van der Waals surface area contributed by atoms with Crippen LogP contribution in [0.1, 0.15) is 43.9 Å². The number of hydrogen-bond donors (Lipinski definition) is 0. The van der Waals surface area contributed by atoms with Crippen LogP contribution in [0.3, 0.4) is 0 Å². The first-order valence-corrected chi connectivity index (χ1v) is 14.2. The van der Waals surface area contributed by atoms with Crippen LogP contribution in [-0.2, 0) is 15.9 Å². The van der Waals surface area contributed by atoms with Crippen molar-refractivity contribution in [3.63, 3.8) is 0 Å². The van der Waals surface area contributed by atoms with E-state index in [1.165, 1.54) is 30.5 Å². The molecule has 2 fully saturated rings. The van der Waals surface area contributed by atoms with E-state index in [0.717, 1.165) is 53.1 Å². The molecule has 1 unspecified atom stereocenters. The number of hydrogen-bond acceptors (Lipinski definition) is 8. The van der Waals surface area contributed by atoms with Crippen LogP contribution in [0.2, 0.25) is 0 Å². The highest BCUT2D eigenvalue weighted by Gasteiger charge is 2.23. The van der Waals surface area contributed by atoms with Gasteiger partial charge in [0.2, 0.25) is 0 Å². The number of piperidine rings is 1. The summed E-state index contributed by atoms with van der Waals surface area (Å²) in [4.78, 5) is 24.3. The first kappa shape index (κ1) is 27.1. The van der Waals surface area contributed by atoms with Gasteiger partial charge in [-0.05, 0) is 88.1 Å². The van der Waals surface area contributed by atoms with Crippen molar-refractivity contribution in [3.8, 4) is 11.3 Å². The van der Waals surface area contributed by atoms with Gasteiger partial charge in [-0.25, -0.2) is 19.2 Å². The summed E-state index contributed by atoms with van der Waals surface area (Å²) in [5.74, 6) is 1.42. The number of aromatic nitrogens is 3. The van der Waals surface area contributed by atoms with Crippen molar-refractivity contribution in [2.75, 3.05) is 38.7 Å². The summed E-state index contributed by atoms with van der Waals surface area (Å²) in [5, 5.41) is 2.92. The molecule has 2 saturated heterocycles. The minimum absolute atomic E-state index is 0.0486. The molecule has 10 heteroatoms. The lowest BCUT2D eigenvalue weighted by Crippen LogP contribution is -2.29. The number of nitrogens with zero attached hydrogens (tertiary/aromatic N) is 5. The van der Waals surface area contributed by atoms with Crippen LogP contribution in [0.25, 0.3) is 16.9 Å². The van der Waals surface area contributed by atoms with Crippen molar-refractivity contribution in [1.82, 2.24) is 19.3 Å². The lowest BCUT2D eigenvalue weighted by molar-refractivity contribution is 0.121. The van der Waals surface area contributed by atoms with Gasteiger partial charge in [0, 0.05) is 24.2 Å². The molecule has 6 rings (SSSR count). The molecule has 0 radical (unpaired) electrons. The number of pyridine rings is 1. The Bertz CT molecular complexity index is 1430. The minimum atomic E-state index is -0.549. The molecule has 1 atom stereocenters. The number of likely N-dealkylation sites (tertiary alicyclic amines) is 1. The third-order valence-electron chi connectivity index (χ3n) is 7.18. The maximum Gasteiger partial charge on any atom is 0.508 e. The van der Waals surface area contributed by atoms with E-state index in [1.807, 2.05) is 5.38 Å². The standard InChI is InChI=1S/C25H28FN5S.C4H6O3/c1-4-21-24(30(3)25-28-22(16-32-25)18-5-8-20(26)9-6-18)31-15-19(7-10-23(31)27-21)17-11-13-29(2)14-12-17;1-3-2-6-4(5)7-3/h5-10,15-17H,4,11-14H2,1-3H3;3H,2H2,1H3. The first-order chi connectivity index (χ1) is 18.8. The Kier molecular flexibility index (Phi) is 8.13. The zero-order valence-corrected chi connectivity index (χ0v) is 23.6. The van der Waals surface area contributed by atoms with Crippen molar-refractivity contribution < 1.29 is 18.7 Å². The van der Waals surface area contributed by atoms with E-state index in [1.54, 1.807) is 30.4 Å². The summed E-state index contributed by atoms with van der Waals surface area (Å²) in [6.07, 6.45) is 4.91. The van der Waals surface area contributed by atoms with Crippen molar-refractivity contribution in [2.24, 2.45) is 0 Å². The van der Waals surface area contributed by atoms with Crippen LogP contribution in [-0.4, -0.2) is 65.3 Å². The molecule has 1 aromatic carbocycles. The number of thiazole rings is 1. The summed E-state index contributed by atoms with van der Waals surface area (Å²) in [6.45, 7) is 6.61. The van der Waals surface area contributed by atoms with Gasteiger partial charge >= 0.3 is 6.16 Å². The predicted molar refractivity (Wildman–Crippen MR) is 152 cm³/mol. The number of fused-ring (bicyclic) bond motifs is 1. The summed E-state index contributed by atoms with van der Waals surface area (Å²) in [6, 6.07) is 10.9. The summed E-state index contributed by atoms with van der Waals surface area (Å²) < 4.78 is 24.4. The number of cyclic esters (lactones) is 2. The Balaban J connectivity index is 0.000000384. The maximum absolute atomic E-state index is 13.3. The van der Waals surface area contributed by atoms with E-state index in [2.05, 4.69) is 63.0 Å². The molecule has 0 aliphatic carbocycles. The van der Waals surface area contributed by atoms with Crippen LogP contribution < -0.4 is 4.90 Å². The zero-order valence-electron chi connectivity index (χ0n) is 22.8. The average molecular weight is 552 g/mol. The van der Waals surface area contributed by atoms with Crippen molar-refractivity contribution in [1.29, 1.82) is 0 Å². The van der Waals surface area contributed by atoms with Gasteiger partial charge in [0.1, 0.15) is 30.0 Å². The Morgan fingerprint density at radius 3 is 2.49 bits per heavy atom. The second-order valence-electron chi connectivity index (χ2n) is 10.1. The van der Waals surface area contributed by atoms with Crippen LogP contribution in [0.5, 0.6) is 0 Å². The lowest BCUT2D eigenvalue weighted by atomic mass is 9.91. The highest BCUT2D eigenvalue weighted by atomic mass is 32.1. The lowest BCUT2D eigenvalue weighted by Gasteiger charge is -2.29. The molecule has 4 aromatic rings. The number of ether oxygens (including phenoxy) is 2. The molecule has 8 nitrogen and oxygen atoms in total. The summed E-state index contributed by atoms with van der Waals surface area (Å²) >= 11 is 1.59. The van der Waals surface area contributed by atoms with Gasteiger partial charge in [0.15, 0.2) is 5.13 Å². The van der Waals surface area contributed by atoms with Gasteiger partial charge in [0.25, 0.3) is 0 Å². The van der Waals surface area contributed by atoms with E-state index < -0.39 is 6.16 Å². The number of carbonyl (C=O) groups excluding carboxylic acids is 1. The molecule has 0 spiro atoms. The Labute approximate surface area is 232 Å². The van der Waals surface area contributed by atoms with Crippen LogP contribution >= 0.6 is 11.3 Å². The largest absolute Gasteiger partial charge is 0.508 e. The van der Waals surface area contributed by atoms with E-state index in [4.69, 9.17) is 9.97 Å². The molecule has 5 heterocycles. The first-order valence-electron chi connectivity index (χ1n) is 13.3. The third kappa shape index (κ3) is 6.07. The molecule has 0 bridgehead atoms. The molecule has 0 N–H and O–H groups in total. The molecule has 3 aromatic heterocycles. The van der Waals surface area contributed by atoms with E-state index in [9.17, 15) is 9.18 Å². The topological polar surface area (TPSA) is 72.2 Å². The SMILES string of the molecule is CC1COC(=O)O1.CCc1nc2ccc(C3CCN(C)CC3)cn2c1N(C)c1nc(-c2ccc(F)cc2)cs1. The number of benzene rings is 1. The van der Waals surface area contributed by atoms with E-state index >= 15 is 0 Å². The Morgan fingerprint density at radius 2 is 1.87 bits per heavy atom. The summed E-state index contributed by atoms with van der Waals surface area (Å²) in [5.41, 5.74) is 5.19. The molecular weight excluding hydrogens is 517 g/mol. The number of anilines is 2. The highest BCUT2D eigenvalue weighted by Crippen LogP contribution is 2.35. The zero-order chi connectivity index (χ0) is 27.5. The fourth-order valence-electron chi connectivity index (χ4n) is 4.95. The summed E-state index contributed by atoms with van der Waals surface area (Å²) in [7, 11) is 4.25. The number of aryl methyl sites for hydroxylation is 1. The van der Waals surface area contributed by atoms with Gasteiger partial charge < -0.3 is 19.3 Å². The Hall–Kier alpha value is -3.50. The van der Waals surface area contributed by atoms with Crippen molar-refractivity contribution in [3.05, 3.63) is 65.0 Å². The normalized spacial score (nSPS) is 18.0. The van der Waals surface area contributed by atoms with Crippen LogP contribution in [0.4, 0.5) is 20.1 Å². The van der Waals surface area contributed by atoms with Crippen LogP contribution in [0, 0.1) is 5.82 Å². The fourth-order valence-corrected chi connectivity index (χ4v) is 5.75. The molecule has 39 heavy (non-hydrogen) atoms. The molecule has 2 aliphatic rings. The fraction of sp³-hybridized carbons (Fsp3) is 0.414. The maximum atomic E-state index is 13.3. The quantitative estimate of drug-likeness (QED) is 0.270. The molecule has 0 amide bonds. The van der Waals surface area contributed by atoms with E-state index in [-0.39, 0.29) is 11.9 Å². The third-order valence-corrected chi connectivity index (χ3v) is 8.10. The van der Waals surface area contributed by atoms with Crippen molar-refractivity contribution >= 4 is 34.1 Å². The predicted octanol–water partition coefficient (Wildman–Crippen LogP) is 6.28. The second kappa shape index (κ2) is 11.7. The number of imidazole rings is 1. The van der Waals surface area contributed by atoms with Gasteiger partial charge in [-0.15, -0.1) is 11.3 Å². The van der Waals surface area contributed by atoms with Crippen LogP contribution in [0.15, 0.2) is 48.0 Å². The minimum Gasteiger partial charge on any atom is -0.430 e. The number of halogens is 1. The smallest absolute Gasteiger partial charge is 0.430 e. The van der Waals surface area contributed by atoms with Gasteiger partial charge in [-0.3, -0.25) is 4.40 Å². The Morgan fingerprint density at radius 1 is 1.13 bits per heavy atom. The number of rotatable bonds is 5. The average Bonchev–Trinajstić information content (AvgIpc) is 3.67. The molecular formula is C29H34FN5O3S. The number of carbonyl (C=O) groups is 1. The van der Waals surface area contributed by atoms with E-state index in [0.29, 0.717) is 12.5 Å². The molecule has 2 aliphatic heterocycles. The van der Waals surface area contributed by atoms with Gasteiger partial charge in [0.05, 0.1) is 11.4 Å². The second-order valence-corrected chi connectivity index (χ2v) is 10.9. The highest BCUT2D eigenvalue weighted by molar-refractivity contribution is 7.14. The van der Waals surface area contributed by atoms with Gasteiger partial charge in [-0.1, -0.05) is 13.0 Å². The van der Waals surface area contributed by atoms with Gasteiger partial charge in [-0.2, -0.15) is 0 Å².